The lowest BCUT2D eigenvalue weighted by Gasteiger charge is -2.33. The first-order valence-electron chi connectivity index (χ1n) is 9.47. The Balaban J connectivity index is 1.84. The van der Waals surface area contributed by atoms with Crippen molar-refractivity contribution in [2.45, 2.75) is 25.9 Å². The summed E-state index contributed by atoms with van der Waals surface area (Å²) in [5, 5.41) is 0. The van der Waals surface area contributed by atoms with E-state index < -0.39 is 11.7 Å². The first-order chi connectivity index (χ1) is 14.1. The zero-order chi connectivity index (χ0) is 20.6. The molecule has 0 unspecified atom stereocenters. The molecule has 1 aliphatic rings. The lowest BCUT2D eigenvalue weighted by atomic mass is 10.0. The van der Waals surface area contributed by atoms with Crippen molar-refractivity contribution in [2.75, 3.05) is 13.1 Å². The summed E-state index contributed by atoms with van der Waals surface area (Å²) in [7, 11) is 0. The Kier molecular flexibility index (Phi) is 6.84. The summed E-state index contributed by atoms with van der Waals surface area (Å²) in [6, 6.07) is 6.15. The Hall–Kier alpha value is -3.35. The van der Waals surface area contributed by atoms with Crippen LogP contribution in [0.5, 0.6) is 0 Å². The van der Waals surface area contributed by atoms with Gasteiger partial charge in [0, 0.05) is 30.7 Å². The van der Waals surface area contributed by atoms with Gasteiger partial charge >= 0.3 is 0 Å². The van der Waals surface area contributed by atoms with Crippen molar-refractivity contribution in [3.05, 3.63) is 72.7 Å². The molecule has 3 rings (SSSR count). The number of likely N-dealkylation sites (tertiary alicyclic amines) is 1. The van der Waals surface area contributed by atoms with E-state index >= 15 is 0 Å². The molecule has 0 bridgehead atoms. The minimum Gasteiger partial charge on any atom is -0.472 e. The van der Waals surface area contributed by atoms with Gasteiger partial charge in [-0.15, -0.1) is 0 Å². The summed E-state index contributed by atoms with van der Waals surface area (Å²) in [6.07, 6.45) is 9.32. The van der Waals surface area contributed by atoms with Crippen molar-refractivity contribution in [3.8, 4) is 11.4 Å². The summed E-state index contributed by atoms with van der Waals surface area (Å²) >= 11 is 0. The third kappa shape index (κ3) is 4.93. The molecule has 150 valence electrons. The van der Waals surface area contributed by atoms with Gasteiger partial charge in [0.2, 0.25) is 5.88 Å². The van der Waals surface area contributed by atoms with Crippen molar-refractivity contribution < 1.29 is 13.9 Å². The second-order valence-corrected chi connectivity index (χ2v) is 6.50. The maximum absolute atomic E-state index is 14.7. The van der Waals surface area contributed by atoms with E-state index in [1.807, 2.05) is 0 Å². The van der Waals surface area contributed by atoms with E-state index in [1.54, 1.807) is 60.8 Å². The molecule has 1 fully saturated rings. The van der Waals surface area contributed by atoms with Gasteiger partial charge in [0.05, 0.1) is 12.1 Å². The van der Waals surface area contributed by atoms with Gasteiger partial charge in [-0.3, -0.25) is 4.79 Å². The van der Waals surface area contributed by atoms with Crippen molar-refractivity contribution in [1.29, 1.82) is 0 Å². The highest BCUT2D eigenvalue weighted by molar-refractivity contribution is 6.00. The molecular formula is C22H23FN4O2. The highest BCUT2D eigenvalue weighted by atomic mass is 19.1. The van der Waals surface area contributed by atoms with Crippen LogP contribution in [0.15, 0.2) is 66.3 Å². The summed E-state index contributed by atoms with van der Waals surface area (Å²) < 4.78 is 20.6. The number of hydrogen-bond donors (Lipinski definition) is 0. The molecule has 1 aliphatic heterocycles. The number of ether oxygens (including phenoxy) is 1. The van der Waals surface area contributed by atoms with Gasteiger partial charge in [-0.25, -0.2) is 19.4 Å². The standard InChI is InChI=1S/C22H23FN4O2/c1-3-8-19(24-4-2)29-16-9-6-14-27(15-16)22(28)20-17(10-5-11-18(20)23)21-25-12-7-13-26-21/h3-5,7-8,10-13,16H,1,6,9,14-15H2,2H3/b19-8+,24-4-/t16-/m1/s1. The maximum atomic E-state index is 14.7. The number of carbonyl (C=O) groups excluding carboxylic acids is 1. The number of aromatic nitrogens is 2. The third-order valence-electron chi connectivity index (χ3n) is 4.50. The molecule has 6 nitrogen and oxygen atoms in total. The van der Waals surface area contributed by atoms with E-state index in [2.05, 4.69) is 21.5 Å². The van der Waals surface area contributed by atoms with Crippen molar-refractivity contribution in [1.82, 2.24) is 14.9 Å². The number of aliphatic imine (C=N–C) groups is 1. The molecule has 1 saturated heterocycles. The highest BCUT2D eigenvalue weighted by Crippen LogP contribution is 2.26. The highest BCUT2D eigenvalue weighted by Gasteiger charge is 2.29. The summed E-state index contributed by atoms with van der Waals surface area (Å²) in [5.41, 5.74) is 0.356. The van der Waals surface area contributed by atoms with Gasteiger partial charge in [0.25, 0.3) is 5.91 Å². The molecule has 1 aromatic heterocycles. The molecule has 2 aromatic rings. The van der Waals surface area contributed by atoms with Crippen LogP contribution in [-0.4, -0.2) is 46.2 Å². The minimum absolute atomic E-state index is 0.0206. The Morgan fingerprint density at radius 3 is 2.86 bits per heavy atom. The van der Waals surface area contributed by atoms with E-state index in [0.29, 0.717) is 30.4 Å². The first kappa shape index (κ1) is 20.4. The molecule has 2 heterocycles. The molecule has 29 heavy (non-hydrogen) atoms. The molecule has 1 atom stereocenters. The van der Waals surface area contributed by atoms with E-state index in [9.17, 15) is 9.18 Å². The number of amides is 1. The predicted octanol–water partition coefficient (Wildman–Crippen LogP) is 4.02. The number of hydrogen-bond acceptors (Lipinski definition) is 5. The Morgan fingerprint density at radius 1 is 1.34 bits per heavy atom. The van der Waals surface area contributed by atoms with Crippen LogP contribution in [0.1, 0.15) is 30.1 Å². The van der Waals surface area contributed by atoms with Gasteiger partial charge in [0.15, 0.2) is 5.82 Å². The van der Waals surface area contributed by atoms with Crippen LogP contribution in [0.3, 0.4) is 0 Å². The molecule has 1 amide bonds. The molecular weight excluding hydrogens is 371 g/mol. The quantitative estimate of drug-likeness (QED) is 0.422. The van der Waals surface area contributed by atoms with E-state index in [1.165, 1.54) is 6.07 Å². The maximum Gasteiger partial charge on any atom is 0.257 e. The molecule has 7 heteroatoms. The number of allylic oxidation sites excluding steroid dienone is 2. The van der Waals surface area contributed by atoms with E-state index in [4.69, 9.17) is 4.74 Å². The summed E-state index contributed by atoms with van der Waals surface area (Å²) in [6.45, 7) is 6.32. The average Bonchev–Trinajstić information content (AvgIpc) is 2.74. The van der Waals surface area contributed by atoms with Gasteiger partial charge < -0.3 is 9.64 Å². The molecule has 0 saturated carbocycles. The van der Waals surface area contributed by atoms with Crippen molar-refractivity contribution in [2.24, 2.45) is 4.99 Å². The topological polar surface area (TPSA) is 67.7 Å². The molecule has 0 radical (unpaired) electrons. The summed E-state index contributed by atoms with van der Waals surface area (Å²) in [5.74, 6) is -0.238. The SMILES string of the molecule is C=C/C=C(\N=C/C)O[C@@H]1CCCN(C(=O)c2c(F)cccc2-c2ncccn2)C1. The summed E-state index contributed by atoms with van der Waals surface area (Å²) in [4.78, 5) is 27.3. The average molecular weight is 394 g/mol. The van der Waals surface area contributed by atoms with Gasteiger partial charge in [-0.05, 0) is 38.0 Å². The molecule has 0 aliphatic carbocycles. The Labute approximate surface area is 169 Å². The van der Waals surface area contributed by atoms with Crippen molar-refractivity contribution in [3.63, 3.8) is 0 Å². The largest absolute Gasteiger partial charge is 0.472 e. The second-order valence-electron chi connectivity index (χ2n) is 6.50. The van der Waals surface area contributed by atoms with Crippen LogP contribution in [0.2, 0.25) is 0 Å². The van der Waals surface area contributed by atoms with E-state index in [-0.39, 0.29) is 11.7 Å². The number of piperidine rings is 1. The lowest BCUT2D eigenvalue weighted by molar-refractivity contribution is 0.0319. The monoisotopic (exact) mass is 394 g/mol. The molecule has 0 N–H and O–H groups in total. The number of nitrogens with zero attached hydrogens (tertiary/aromatic N) is 4. The Bertz CT molecular complexity index is 928. The fourth-order valence-corrected chi connectivity index (χ4v) is 3.25. The van der Waals surface area contributed by atoms with Crippen LogP contribution >= 0.6 is 0 Å². The van der Waals surface area contributed by atoms with Gasteiger partial charge in [-0.2, -0.15) is 0 Å². The smallest absolute Gasteiger partial charge is 0.257 e. The Morgan fingerprint density at radius 2 is 2.14 bits per heavy atom. The zero-order valence-corrected chi connectivity index (χ0v) is 16.3. The number of halogens is 1. The van der Waals surface area contributed by atoms with Crippen LogP contribution in [0.4, 0.5) is 4.39 Å². The normalized spacial score (nSPS) is 17.4. The van der Waals surface area contributed by atoms with E-state index in [0.717, 1.165) is 12.8 Å². The number of benzene rings is 1. The van der Waals surface area contributed by atoms with Gasteiger partial charge in [0.1, 0.15) is 11.9 Å². The second kappa shape index (κ2) is 9.73. The van der Waals surface area contributed by atoms with Crippen LogP contribution < -0.4 is 0 Å². The zero-order valence-electron chi connectivity index (χ0n) is 16.3. The van der Waals surface area contributed by atoms with Crippen LogP contribution in [0.25, 0.3) is 11.4 Å². The molecule has 0 spiro atoms. The molecule has 1 aromatic carbocycles. The number of carbonyl (C=O) groups is 1. The van der Waals surface area contributed by atoms with Crippen LogP contribution in [-0.2, 0) is 4.74 Å². The fourth-order valence-electron chi connectivity index (χ4n) is 3.25. The van der Waals surface area contributed by atoms with Gasteiger partial charge in [-0.1, -0.05) is 24.8 Å². The minimum atomic E-state index is -0.592. The van der Waals surface area contributed by atoms with Crippen LogP contribution in [0, 0.1) is 5.82 Å². The first-order valence-corrected chi connectivity index (χ1v) is 9.47. The predicted molar refractivity (Wildman–Crippen MR) is 110 cm³/mol. The third-order valence-corrected chi connectivity index (χ3v) is 4.50. The fraction of sp³-hybridized carbons (Fsp3) is 0.273. The number of rotatable bonds is 6. The lowest BCUT2D eigenvalue weighted by Crippen LogP contribution is -2.43. The van der Waals surface area contributed by atoms with Crippen molar-refractivity contribution >= 4 is 12.1 Å².